The predicted octanol–water partition coefficient (Wildman–Crippen LogP) is 6.83. The molecule has 18 heavy (non-hydrogen) atoms. The average molecular weight is 258 g/mol. The van der Waals surface area contributed by atoms with Gasteiger partial charge in [-0.25, -0.2) is 4.39 Å². The van der Waals surface area contributed by atoms with Crippen LogP contribution in [0.4, 0.5) is 4.39 Å². The van der Waals surface area contributed by atoms with Gasteiger partial charge in [0.05, 0.1) is 0 Å². The van der Waals surface area contributed by atoms with Crippen molar-refractivity contribution in [2.45, 2.75) is 110 Å². The second kappa shape index (κ2) is 15.0. The van der Waals surface area contributed by atoms with Crippen molar-refractivity contribution >= 4 is 0 Å². The van der Waals surface area contributed by atoms with Gasteiger partial charge in [0.2, 0.25) is 0 Å². The first-order valence-corrected chi connectivity index (χ1v) is 8.45. The van der Waals surface area contributed by atoms with Gasteiger partial charge in [-0.2, -0.15) is 0 Å². The number of hydrogen-bond acceptors (Lipinski definition) is 0. The molecule has 0 saturated carbocycles. The van der Waals surface area contributed by atoms with Crippen molar-refractivity contribution in [1.82, 2.24) is 0 Å². The summed E-state index contributed by atoms with van der Waals surface area (Å²) in [4.78, 5) is 0. The van der Waals surface area contributed by atoms with Gasteiger partial charge >= 0.3 is 0 Å². The van der Waals surface area contributed by atoms with Crippen LogP contribution in [0.1, 0.15) is 104 Å². The van der Waals surface area contributed by atoms with E-state index < -0.39 is 6.17 Å². The van der Waals surface area contributed by atoms with Crippen LogP contribution in [-0.2, 0) is 0 Å². The Labute approximate surface area is 115 Å². The average Bonchev–Trinajstić information content (AvgIpc) is 2.37. The molecule has 0 aromatic heterocycles. The normalized spacial score (nSPS) is 12.8. The Bertz CT molecular complexity index is 145. The highest BCUT2D eigenvalue weighted by Crippen LogP contribution is 2.15. The molecule has 0 aromatic carbocycles. The molecule has 0 bridgehead atoms. The third kappa shape index (κ3) is 14.0. The Morgan fingerprint density at radius 2 is 0.889 bits per heavy atom. The van der Waals surface area contributed by atoms with Crippen molar-refractivity contribution in [2.24, 2.45) is 0 Å². The number of rotatable bonds is 14. The number of alkyl halides is 1. The fourth-order valence-electron chi connectivity index (χ4n) is 2.44. The number of hydrogen-bond donors (Lipinski definition) is 0. The SMILES string of the molecule is CCCCCCCCCCCC(F)CCCCC. The van der Waals surface area contributed by atoms with E-state index in [1.54, 1.807) is 0 Å². The summed E-state index contributed by atoms with van der Waals surface area (Å²) in [6.45, 7) is 4.43. The Morgan fingerprint density at radius 1 is 0.556 bits per heavy atom. The Morgan fingerprint density at radius 3 is 1.39 bits per heavy atom. The molecule has 0 nitrogen and oxygen atoms in total. The smallest absolute Gasteiger partial charge is 0.100 e. The maximum absolute atomic E-state index is 13.4. The number of unbranched alkanes of at least 4 members (excludes halogenated alkanes) is 10. The summed E-state index contributed by atoms with van der Waals surface area (Å²) in [5, 5.41) is 0. The van der Waals surface area contributed by atoms with Crippen LogP contribution in [0.2, 0.25) is 0 Å². The molecule has 0 N–H and O–H groups in total. The molecule has 0 rings (SSSR count). The van der Waals surface area contributed by atoms with Crippen LogP contribution in [0, 0.1) is 0 Å². The van der Waals surface area contributed by atoms with Gasteiger partial charge in [0.1, 0.15) is 6.17 Å². The van der Waals surface area contributed by atoms with E-state index in [1.165, 1.54) is 64.2 Å². The largest absolute Gasteiger partial charge is 0.247 e. The summed E-state index contributed by atoms with van der Waals surface area (Å²) in [7, 11) is 0. The minimum atomic E-state index is -0.527. The van der Waals surface area contributed by atoms with Gasteiger partial charge < -0.3 is 0 Å². The van der Waals surface area contributed by atoms with Gasteiger partial charge in [0.15, 0.2) is 0 Å². The monoisotopic (exact) mass is 258 g/mol. The molecule has 1 atom stereocenters. The van der Waals surface area contributed by atoms with Crippen molar-refractivity contribution in [3.8, 4) is 0 Å². The molecular weight excluding hydrogens is 223 g/mol. The van der Waals surface area contributed by atoms with Gasteiger partial charge in [-0.3, -0.25) is 0 Å². The molecule has 0 saturated heterocycles. The highest BCUT2D eigenvalue weighted by molar-refractivity contribution is 4.57. The van der Waals surface area contributed by atoms with Crippen molar-refractivity contribution in [3.05, 3.63) is 0 Å². The molecule has 0 aliphatic carbocycles. The zero-order chi connectivity index (χ0) is 13.5. The molecule has 0 aliphatic heterocycles. The van der Waals surface area contributed by atoms with E-state index in [1.807, 2.05) is 0 Å². The third-order valence-corrected chi connectivity index (χ3v) is 3.74. The van der Waals surface area contributed by atoms with Crippen LogP contribution in [-0.4, -0.2) is 6.17 Å². The van der Waals surface area contributed by atoms with E-state index in [2.05, 4.69) is 13.8 Å². The zero-order valence-corrected chi connectivity index (χ0v) is 12.9. The molecule has 0 aliphatic rings. The van der Waals surface area contributed by atoms with Crippen LogP contribution >= 0.6 is 0 Å². The highest BCUT2D eigenvalue weighted by atomic mass is 19.1. The molecule has 0 heterocycles. The molecule has 1 heteroatoms. The minimum Gasteiger partial charge on any atom is -0.247 e. The molecule has 0 fully saturated rings. The predicted molar refractivity (Wildman–Crippen MR) is 80.9 cm³/mol. The van der Waals surface area contributed by atoms with E-state index in [4.69, 9.17) is 0 Å². The second-order valence-electron chi connectivity index (χ2n) is 5.71. The summed E-state index contributed by atoms with van der Waals surface area (Å²) in [5.74, 6) is 0. The van der Waals surface area contributed by atoms with E-state index >= 15 is 0 Å². The Hall–Kier alpha value is -0.0700. The van der Waals surface area contributed by atoms with Crippen LogP contribution in [0.3, 0.4) is 0 Å². The first-order chi connectivity index (χ1) is 8.81. The van der Waals surface area contributed by atoms with Crippen molar-refractivity contribution in [3.63, 3.8) is 0 Å². The third-order valence-electron chi connectivity index (χ3n) is 3.74. The van der Waals surface area contributed by atoms with Crippen molar-refractivity contribution in [1.29, 1.82) is 0 Å². The van der Waals surface area contributed by atoms with E-state index in [-0.39, 0.29) is 0 Å². The van der Waals surface area contributed by atoms with E-state index in [0.29, 0.717) is 0 Å². The zero-order valence-electron chi connectivity index (χ0n) is 12.9. The Kier molecular flexibility index (Phi) is 14.9. The molecule has 0 spiro atoms. The van der Waals surface area contributed by atoms with Gasteiger partial charge in [0.25, 0.3) is 0 Å². The van der Waals surface area contributed by atoms with E-state index in [9.17, 15) is 4.39 Å². The van der Waals surface area contributed by atoms with Crippen LogP contribution < -0.4 is 0 Å². The first kappa shape index (κ1) is 17.9. The molecule has 1 unspecified atom stereocenters. The lowest BCUT2D eigenvalue weighted by Crippen LogP contribution is -1.99. The van der Waals surface area contributed by atoms with Crippen molar-refractivity contribution < 1.29 is 4.39 Å². The summed E-state index contributed by atoms with van der Waals surface area (Å²) in [5.41, 5.74) is 0. The van der Waals surface area contributed by atoms with Crippen LogP contribution in [0.25, 0.3) is 0 Å². The van der Waals surface area contributed by atoms with Crippen LogP contribution in [0.5, 0.6) is 0 Å². The topological polar surface area (TPSA) is 0 Å². The molecule has 0 radical (unpaired) electrons. The van der Waals surface area contributed by atoms with Crippen LogP contribution in [0.15, 0.2) is 0 Å². The quantitative estimate of drug-likeness (QED) is 0.300. The fourth-order valence-corrected chi connectivity index (χ4v) is 2.44. The fraction of sp³-hybridized carbons (Fsp3) is 1.00. The standard InChI is InChI=1S/C17H35F/c1-3-5-7-8-9-10-11-12-14-16-17(18)15-13-6-4-2/h17H,3-16H2,1-2H3. The van der Waals surface area contributed by atoms with Gasteiger partial charge in [-0.1, -0.05) is 90.9 Å². The first-order valence-electron chi connectivity index (χ1n) is 8.45. The van der Waals surface area contributed by atoms with E-state index in [0.717, 1.165) is 25.7 Å². The molecule has 110 valence electrons. The highest BCUT2D eigenvalue weighted by Gasteiger charge is 2.05. The maximum Gasteiger partial charge on any atom is 0.100 e. The Balaban J connectivity index is 3.05. The van der Waals surface area contributed by atoms with Gasteiger partial charge in [0, 0.05) is 0 Å². The summed E-state index contributed by atoms with van der Waals surface area (Å²) in [6, 6.07) is 0. The minimum absolute atomic E-state index is 0.527. The van der Waals surface area contributed by atoms with Gasteiger partial charge in [-0.15, -0.1) is 0 Å². The molecule has 0 amide bonds. The second-order valence-corrected chi connectivity index (χ2v) is 5.71. The summed E-state index contributed by atoms with van der Waals surface area (Å²) in [6.07, 6.45) is 16.5. The number of halogens is 1. The molecular formula is C17H35F. The lowest BCUT2D eigenvalue weighted by Gasteiger charge is -2.07. The summed E-state index contributed by atoms with van der Waals surface area (Å²) >= 11 is 0. The van der Waals surface area contributed by atoms with Crippen molar-refractivity contribution in [2.75, 3.05) is 0 Å². The summed E-state index contributed by atoms with van der Waals surface area (Å²) < 4.78 is 13.4. The molecule has 0 aromatic rings. The lowest BCUT2D eigenvalue weighted by atomic mass is 10.0. The van der Waals surface area contributed by atoms with Gasteiger partial charge in [-0.05, 0) is 12.8 Å². The lowest BCUT2D eigenvalue weighted by molar-refractivity contribution is 0.279. The maximum atomic E-state index is 13.4.